The fourth-order valence-corrected chi connectivity index (χ4v) is 17.6. The zero-order chi connectivity index (χ0) is 58.6. The number of hydrogen-bond acceptors (Lipinski definition) is 14. The van der Waals surface area contributed by atoms with Crippen molar-refractivity contribution in [2.75, 3.05) is 18.6 Å². The first-order valence-corrected chi connectivity index (χ1v) is 31.6. The number of phenols is 2. The predicted octanol–water partition coefficient (Wildman–Crippen LogP) is 9.20. The molecule has 0 spiro atoms. The summed E-state index contributed by atoms with van der Waals surface area (Å²) < 4.78 is 24.3. The number of alkyl halides is 3. The van der Waals surface area contributed by atoms with E-state index >= 15 is 0 Å². The number of nitrogens with one attached hydrogen (secondary N) is 2. The summed E-state index contributed by atoms with van der Waals surface area (Å²) >= 11 is 13.4. The van der Waals surface area contributed by atoms with Gasteiger partial charge in [0.05, 0.1) is 42.0 Å². The molecule has 1 saturated heterocycles. The van der Waals surface area contributed by atoms with Crippen molar-refractivity contribution in [1.29, 1.82) is 0 Å². The van der Waals surface area contributed by atoms with Crippen molar-refractivity contribution < 1.29 is 58.6 Å². The Hall–Kier alpha value is -6.48. The summed E-state index contributed by atoms with van der Waals surface area (Å²) in [6.07, 6.45) is -0.107. The van der Waals surface area contributed by atoms with Crippen LogP contribution in [0.25, 0.3) is 0 Å². The molecule has 6 aromatic carbocycles. The average Bonchev–Trinajstić information content (AvgIpc) is 1.23. The van der Waals surface area contributed by atoms with Crippen LogP contribution in [-0.2, 0) is 38.4 Å². The topological polar surface area (TPSA) is 241 Å². The van der Waals surface area contributed by atoms with Crippen molar-refractivity contribution in [2.45, 2.75) is 110 Å². The van der Waals surface area contributed by atoms with Crippen molar-refractivity contribution in [3.63, 3.8) is 0 Å². The number of aliphatic hydroxyl groups excluding tert-OH is 1. The number of aromatic hydroxyl groups is 2. The molecular formula is C62H63Cl2IN5O12P. The van der Waals surface area contributed by atoms with Crippen molar-refractivity contribution in [3.05, 3.63) is 184 Å². The number of ketones is 2. The van der Waals surface area contributed by atoms with Crippen LogP contribution in [0.3, 0.4) is 0 Å². The molecule has 7 atom stereocenters. The van der Waals surface area contributed by atoms with E-state index < -0.39 is 98.6 Å². The number of ether oxygens (including phenoxy) is 4. The molecule has 0 radical (unpaired) electrons. The SMILES string of the molecule is COc1cccc2c1C(=O)c1c(O)c3c(c(O)c1C2=O)C[C@@](O)(I)C[C@@H]3OC1C[C@H](NC(=O)OC(Cc2cn(CCCCCC[PH](c3ccccc3)(c3ccccc3)c3ccccc3)nn2)c2ccc(NC(=O)C(Cl)Cl)cc2)[C@H](O)[C@H](C)O1. The number of rotatable bonds is 20. The Morgan fingerprint density at radius 2 is 1.46 bits per heavy atom. The first-order chi connectivity index (χ1) is 40.0. The molecule has 2 amide bonds. The molecule has 83 heavy (non-hydrogen) atoms. The number of anilines is 1. The van der Waals surface area contributed by atoms with Gasteiger partial charge >= 0.3 is 208 Å². The molecule has 1 fully saturated rings. The molecule has 0 saturated carbocycles. The fraction of sp³-hybridized carbons (Fsp3) is 0.323. The van der Waals surface area contributed by atoms with E-state index in [0.717, 1.165) is 31.8 Å². The third kappa shape index (κ3) is 12.8. The van der Waals surface area contributed by atoms with Crippen LogP contribution in [0.2, 0.25) is 0 Å². The summed E-state index contributed by atoms with van der Waals surface area (Å²) in [6, 6.07) is 42.7. The van der Waals surface area contributed by atoms with Crippen LogP contribution in [-0.4, -0.2) is 105 Å². The zero-order valence-corrected chi connectivity index (χ0v) is 50.1. The van der Waals surface area contributed by atoms with E-state index in [2.05, 4.69) is 112 Å². The second kappa shape index (κ2) is 25.8. The van der Waals surface area contributed by atoms with Crippen molar-refractivity contribution in [1.82, 2.24) is 20.3 Å². The molecular weight excluding hydrogens is 1240 g/mol. The van der Waals surface area contributed by atoms with Gasteiger partial charge in [0.1, 0.15) is 27.0 Å². The minimum Gasteiger partial charge on any atom is -0.388 e. The summed E-state index contributed by atoms with van der Waals surface area (Å²) in [5, 5.41) is 65.2. The van der Waals surface area contributed by atoms with Gasteiger partial charge in [-0.15, -0.1) is 0 Å². The minimum atomic E-state index is -2.34. The second-order valence-corrected chi connectivity index (χ2v) is 28.3. The predicted molar refractivity (Wildman–Crippen MR) is 326 cm³/mol. The van der Waals surface area contributed by atoms with E-state index in [-0.39, 0.29) is 53.7 Å². The molecule has 0 bridgehead atoms. The summed E-state index contributed by atoms with van der Waals surface area (Å²) in [5.74, 6) is -3.16. The standard InChI is InChI=1S/C62H63Cl2IN5O12P/c1-36-54(71)45(32-49(80-36)81-48-34-62(65,78)33-44-51(48)58(75)53-52(56(44)73)55(72)43-23-16-24-46(79-2)50(43)57(53)74)67-61(77)82-47(37-25-27-38(28-26-37)66-60(76)59(63)64)31-39-35-70(69-68-39)29-14-3-4-15-30-83(40-17-8-5-9-18-40,41-19-10-6-11-20-41)42-21-12-7-13-22-42/h5-13,16-28,35-36,45,47-49,54,59,71,73,75,78,83H,3-4,14-15,29-34H2,1-2H3,(H,66,76)(H,67,77)/t36-,45-,47?,48-,49?,54+,62-/m0/s1. The van der Waals surface area contributed by atoms with Gasteiger partial charge in [-0.25, -0.2) is 4.79 Å². The first kappa shape index (κ1) is 59.7. The summed E-state index contributed by atoms with van der Waals surface area (Å²) in [4.78, 5) is 53.2. The Morgan fingerprint density at radius 3 is 2.08 bits per heavy atom. The number of aryl methyl sites for hydroxylation is 1. The Morgan fingerprint density at radius 1 is 0.831 bits per heavy atom. The maximum absolute atomic E-state index is 14.1. The Labute approximate surface area is 504 Å². The van der Waals surface area contributed by atoms with Gasteiger partial charge < -0.3 is 45.3 Å². The van der Waals surface area contributed by atoms with Crippen molar-refractivity contribution in [2.24, 2.45) is 0 Å². The fourth-order valence-electron chi connectivity index (χ4n) is 11.8. The van der Waals surface area contributed by atoms with E-state index in [4.69, 9.17) is 42.1 Å². The Bertz CT molecular complexity index is 3390. The van der Waals surface area contributed by atoms with Crippen LogP contribution in [0.1, 0.15) is 112 Å². The molecule has 7 aromatic rings. The number of aromatic nitrogens is 3. The number of hydrogen-bond donors (Lipinski definition) is 6. The number of aliphatic hydroxyl groups is 2. The summed E-state index contributed by atoms with van der Waals surface area (Å²) in [7, 11) is -1.000. The molecule has 3 aliphatic rings. The second-order valence-electron chi connectivity index (χ2n) is 21.2. The molecule has 2 aliphatic carbocycles. The number of carbonyl (C=O) groups is 4. The number of fused-ring (bicyclic) bond motifs is 3. The number of methoxy groups -OCH3 is 1. The number of benzene rings is 6. The number of unbranched alkanes of at least 4 members (excludes halogenated alkanes) is 3. The number of carbonyl (C=O) groups excluding carboxylic acids is 4. The average molecular weight is 1300 g/mol. The third-order valence-electron chi connectivity index (χ3n) is 15.8. The molecule has 1 aliphatic heterocycles. The van der Waals surface area contributed by atoms with E-state index in [9.17, 15) is 39.6 Å². The van der Waals surface area contributed by atoms with Gasteiger partial charge in [-0.1, -0.05) is 47.5 Å². The van der Waals surface area contributed by atoms with Gasteiger partial charge in [0.25, 0.3) is 5.91 Å². The molecule has 10 rings (SSSR count). The Kier molecular flexibility index (Phi) is 18.5. The molecule has 17 nitrogen and oxygen atoms in total. The van der Waals surface area contributed by atoms with E-state index in [1.807, 2.05) is 6.20 Å². The van der Waals surface area contributed by atoms with E-state index in [0.29, 0.717) is 23.5 Å². The molecule has 2 unspecified atom stereocenters. The normalized spacial score (nSPS) is 20.8. The Balaban J connectivity index is 0.817. The molecule has 434 valence electrons. The van der Waals surface area contributed by atoms with Crippen LogP contribution < -0.4 is 31.3 Å². The van der Waals surface area contributed by atoms with Gasteiger partial charge in [0, 0.05) is 41.6 Å². The van der Waals surface area contributed by atoms with Gasteiger partial charge in [-0.05, 0) is 47.7 Å². The molecule has 1 aromatic heterocycles. The van der Waals surface area contributed by atoms with Gasteiger partial charge in [-0.3, -0.25) is 14.4 Å². The number of nitrogens with zero attached hydrogens (tertiary/aromatic N) is 3. The molecule has 6 N–H and O–H groups in total. The summed E-state index contributed by atoms with van der Waals surface area (Å²) in [5.41, 5.74) is 0.545. The van der Waals surface area contributed by atoms with E-state index in [1.165, 1.54) is 41.2 Å². The third-order valence-corrected chi connectivity index (χ3v) is 22.1. The quantitative estimate of drug-likeness (QED) is 0.0137. The van der Waals surface area contributed by atoms with Crippen LogP contribution >= 0.6 is 53.1 Å². The van der Waals surface area contributed by atoms with Gasteiger partial charge in [-0.2, -0.15) is 0 Å². The summed E-state index contributed by atoms with van der Waals surface area (Å²) in [6.45, 7) is 2.20. The zero-order valence-electron chi connectivity index (χ0n) is 45.4. The van der Waals surface area contributed by atoms with Crippen molar-refractivity contribution >= 4 is 98.2 Å². The van der Waals surface area contributed by atoms with Crippen LogP contribution in [0.4, 0.5) is 10.5 Å². The van der Waals surface area contributed by atoms with Crippen molar-refractivity contribution in [3.8, 4) is 17.2 Å². The van der Waals surface area contributed by atoms with E-state index in [1.54, 1.807) is 58.5 Å². The van der Waals surface area contributed by atoms with Crippen LogP contribution in [0.5, 0.6) is 17.2 Å². The first-order valence-electron chi connectivity index (χ1n) is 27.4. The minimum absolute atomic E-state index is 0.00824. The number of alkyl carbamates (subject to hydrolysis) is 1. The molecule has 2 heterocycles. The smallest absolute Gasteiger partial charge is 0.388 e. The number of amides is 2. The molecule has 21 heteroatoms. The van der Waals surface area contributed by atoms with Crippen LogP contribution in [0, 0.1) is 0 Å². The number of halogens is 3. The van der Waals surface area contributed by atoms with Gasteiger partial charge in [0.15, 0.2) is 16.9 Å². The van der Waals surface area contributed by atoms with Gasteiger partial charge in [0.2, 0.25) is 5.78 Å². The van der Waals surface area contributed by atoms with Crippen LogP contribution in [0.15, 0.2) is 140 Å². The number of phenolic OH excluding ortho intramolecular Hbond substituents is 2. The maximum atomic E-state index is 14.1. The monoisotopic (exact) mass is 1300 g/mol.